The van der Waals surface area contributed by atoms with Crippen molar-refractivity contribution in [2.24, 2.45) is 0 Å². The van der Waals surface area contributed by atoms with Gasteiger partial charge in [-0.25, -0.2) is 0 Å². The highest BCUT2D eigenvalue weighted by atomic mass is 35.5. The van der Waals surface area contributed by atoms with Gasteiger partial charge in [0.2, 0.25) is 0 Å². The molecule has 0 saturated heterocycles. The molecule has 20 heavy (non-hydrogen) atoms. The summed E-state index contributed by atoms with van der Waals surface area (Å²) in [6.45, 7) is 0.663. The molecule has 0 aliphatic rings. The lowest BCUT2D eigenvalue weighted by Crippen LogP contribution is -2.09. The van der Waals surface area contributed by atoms with Crippen LogP contribution >= 0.6 is 23.2 Å². The van der Waals surface area contributed by atoms with Crippen LogP contribution in [0.2, 0.25) is 10.0 Å². The zero-order chi connectivity index (χ0) is 14.4. The molecule has 104 valence electrons. The maximum atomic E-state index is 10.6. The van der Waals surface area contributed by atoms with E-state index in [9.17, 15) is 4.79 Å². The van der Waals surface area contributed by atoms with Gasteiger partial charge in [-0.3, -0.25) is 4.79 Å². The smallest absolute Gasteiger partial charge is 0.150 e. The van der Waals surface area contributed by atoms with Gasteiger partial charge < -0.3 is 9.47 Å². The topological polar surface area (TPSA) is 35.5 Å². The molecule has 0 unspecified atom stereocenters. The van der Waals surface area contributed by atoms with Gasteiger partial charge in [0.05, 0.1) is 5.02 Å². The zero-order valence-corrected chi connectivity index (χ0v) is 12.0. The zero-order valence-electron chi connectivity index (χ0n) is 10.5. The minimum Gasteiger partial charge on any atom is -0.490 e. The molecule has 0 aromatic heterocycles. The number of hydrogen-bond acceptors (Lipinski definition) is 3. The van der Waals surface area contributed by atoms with Gasteiger partial charge in [0.15, 0.2) is 0 Å². The number of benzene rings is 2. The van der Waals surface area contributed by atoms with Crippen molar-refractivity contribution in [3.8, 4) is 11.5 Å². The third-order valence-electron chi connectivity index (χ3n) is 2.50. The molecule has 0 aliphatic heterocycles. The average molecular weight is 311 g/mol. The summed E-state index contributed by atoms with van der Waals surface area (Å²) in [6.07, 6.45) is 0.773. The molecule has 0 bridgehead atoms. The van der Waals surface area contributed by atoms with Crippen molar-refractivity contribution >= 4 is 29.5 Å². The highest BCUT2D eigenvalue weighted by Crippen LogP contribution is 2.27. The minimum atomic E-state index is 0.325. The van der Waals surface area contributed by atoms with E-state index in [2.05, 4.69) is 0 Å². The van der Waals surface area contributed by atoms with E-state index in [0.717, 1.165) is 6.29 Å². The monoisotopic (exact) mass is 310 g/mol. The van der Waals surface area contributed by atoms with Crippen molar-refractivity contribution < 1.29 is 14.3 Å². The van der Waals surface area contributed by atoms with E-state index < -0.39 is 0 Å². The molecular weight excluding hydrogens is 299 g/mol. The highest BCUT2D eigenvalue weighted by Gasteiger charge is 2.02. The van der Waals surface area contributed by atoms with Crippen molar-refractivity contribution in [1.29, 1.82) is 0 Å². The molecule has 0 heterocycles. The second-order valence-corrected chi connectivity index (χ2v) is 4.81. The quantitative estimate of drug-likeness (QED) is 0.590. The van der Waals surface area contributed by atoms with Gasteiger partial charge >= 0.3 is 0 Å². The summed E-state index contributed by atoms with van der Waals surface area (Å²) in [5, 5.41) is 1.06. The molecule has 2 rings (SSSR count). The van der Waals surface area contributed by atoms with E-state index in [0.29, 0.717) is 40.3 Å². The van der Waals surface area contributed by atoms with Gasteiger partial charge in [-0.15, -0.1) is 0 Å². The predicted molar refractivity (Wildman–Crippen MR) is 79.3 cm³/mol. The van der Waals surface area contributed by atoms with E-state index in [-0.39, 0.29) is 0 Å². The van der Waals surface area contributed by atoms with Gasteiger partial charge in [-0.1, -0.05) is 35.3 Å². The summed E-state index contributed by atoms with van der Waals surface area (Å²) in [5.41, 5.74) is 0.571. The largest absolute Gasteiger partial charge is 0.490 e. The molecule has 0 aliphatic carbocycles. The number of rotatable bonds is 6. The first-order chi connectivity index (χ1) is 9.69. The lowest BCUT2D eigenvalue weighted by Gasteiger charge is -2.10. The number of aldehydes is 1. The second-order valence-electron chi connectivity index (χ2n) is 3.96. The van der Waals surface area contributed by atoms with E-state index in [1.807, 2.05) is 0 Å². The Morgan fingerprint density at radius 3 is 2.60 bits per heavy atom. The number of halogens is 2. The third kappa shape index (κ3) is 4.15. The van der Waals surface area contributed by atoms with Crippen LogP contribution in [0.15, 0.2) is 42.5 Å². The molecule has 0 saturated carbocycles. The number of carbonyl (C=O) groups excluding carboxylic acids is 1. The molecule has 0 fully saturated rings. The average Bonchev–Trinajstić information content (AvgIpc) is 2.47. The Morgan fingerprint density at radius 1 is 1.00 bits per heavy atom. The van der Waals surface area contributed by atoms with E-state index >= 15 is 0 Å². The Hall–Kier alpha value is -1.71. The maximum Gasteiger partial charge on any atom is 0.150 e. The number of ether oxygens (including phenoxy) is 2. The first-order valence-corrected chi connectivity index (χ1v) is 6.70. The van der Waals surface area contributed by atoms with Crippen LogP contribution in [0, 0.1) is 0 Å². The highest BCUT2D eigenvalue weighted by molar-refractivity contribution is 6.34. The molecule has 0 radical (unpaired) electrons. The van der Waals surface area contributed by atoms with Crippen LogP contribution in [0.4, 0.5) is 0 Å². The van der Waals surface area contributed by atoms with E-state index in [4.69, 9.17) is 32.7 Å². The standard InChI is InChI=1S/C15H12Cl2O3/c16-12-4-5-14(17)15(9-12)20-7-6-19-13-3-1-2-11(8-13)10-18/h1-5,8-10H,6-7H2. The Kier molecular flexibility index (Phi) is 5.27. The first-order valence-electron chi connectivity index (χ1n) is 5.95. The Labute approximate surface area is 127 Å². The summed E-state index contributed by atoms with van der Waals surface area (Å²) < 4.78 is 11.0. The first kappa shape index (κ1) is 14.7. The van der Waals surface area contributed by atoms with Crippen LogP contribution < -0.4 is 9.47 Å². The van der Waals surface area contributed by atoms with Crippen LogP contribution in [-0.2, 0) is 0 Å². The van der Waals surface area contributed by atoms with Crippen LogP contribution in [0.3, 0.4) is 0 Å². The summed E-state index contributed by atoms with van der Waals surface area (Å²) in [7, 11) is 0. The molecule has 3 nitrogen and oxygen atoms in total. The summed E-state index contributed by atoms with van der Waals surface area (Å²) in [6, 6.07) is 11.9. The second kappa shape index (κ2) is 7.17. The van der Waals surface area contributed by atoms with E-state index in [1.165, 1.54) is 0 Å². The third-order valence-corrected chi connectivity index (χ3v) is 3.04. The maximum absolute atomic E-state index is 10.6. The van der Waals surface area contributed by atoms with Crippen molar-refractivity contribution in [2.45, 2.75) is 0 Å². The summed E-state index contributed by atoms with van der Waals surface area (Å²) >= 11 is 11.8. The molecular formula is C15H12Cl2O3. The molecule has 5 heteroatoms. The summed E-state index contributed by atoms with van der Waals surface area (Å²) in [4.78, 5) is 10.6. The Morgan fingerprint density at radius 2 is 1.80 bits per heavy atom. The molecule has 0 amide bonds. The van der Waals surface area contributed by atoms with Gasteiger partial charge in [0.1, 0.15) is 31.0 Å². The lowest BCUT2D eigenvalue weighted by molar-refractivity contribution is 0.112. The van der Waals surface area contributed by atoms with Gasteiger partial charge in [0.25, 0.3) is 0 Å². The fourth-order valence-electron chi connectivity index (χ4n) is 1.58. The molecule has 0 atom stereocenters. The van der Waals surface area contributed by atoms with Crippen molar-refractivity contribution in [1.82, 2.24) is 0 Å². The normalized spacial score (nSPS) is 10.1. The minimum absolute atomic E-state index is 0.325. The lowest BCUT2D eigenvalue weighted by atomic mass is 10.2. The Bertz CT molecular complexity index is 599. The van der Waals surface area contributed by atoms with Gasteiger partial charge in [-0.05, 0) is 24.3 Å². The van der Waals surface area contributed by atoms with Crippen LogP contribution in [-0.4, -0.2) is 19.5 Å². The number of carbonyl (C=O) groups is 1. The van der Waals surface area contributed by atoms with Crippen molar-refractivity contribution in [2.75, 3.05) is 13.2 Å². The van der Waals surface area contributed by atoms with Crippen molar-refractivity contribution in [3.63, 3.8) is 0 Å². The van der Waals surface area contributed by atoms with Crippen molar-refractivity contribution in [3.05, 3.63) is 58.1 Å². The Balaban J connectivity index is 1.84. The fraction of sp³-hybridized carbons (Fsp3) is 0.133. The molecule has 0 N–H and O–H groups in total. The summed E-state index contributed by atoms with van der Waals surface area (Å²) in [5.74, 6) is 1.14. The SMILES string of the molecule is O=Cc1cccc(OCCOc2cc(Cl)ccc2Cl)c1. The van der Waals surface area contributed by atoms with Crippen LogP contribution in [0.1, 0.15) is 10.4 Å². The molecule has 2 aromatic rings. The van der Waals surface area contributed by atoms with Crippen LogP contribution in [0.25, 0.3) is 0 Å². The number of hydrogen-bond donors (Lipinski definition) is 0. The van der Waals surface area contributed by atoms with Gasteiger partial charge in [-0.2, -0.15) is 0 Å². The van der Waals surface area contributed by atoms with E-state index in [1.54, 1.807) is 42.5 Å². The van der Waals surface area contributed by atoms with Crippen LogP contribution in [0.5, 0.6) is 11.5 Å². The fourth-order valence-corrected chi connectivity index (χ4v) is 1.91. The predicted octanol–water partition coefficient (Wildman–Crippen LogP) is 4.26. The van der Waals surface area contributed by atoms with Gasteiger partial charge in [0, 0.05) is 16.7 Å². The molecule has 2 aromatic carbocycles. The molecule has 0 spiro atoms.